The first-order valence-electron chi connectivity index (χ1n) is 13.5. The highest BCUT2D eigenvalue weighted by Gasteiger charge is 2.41. The number of carbonyl (C=O) groups excluding carboxylic acids is 2. The summed E-state index contributed by atoms with van der Waals surface area (Å²) < 4.78 is 23.0. The number of nitrogens with zero attached hydrogens (tertiary/aromatic N) is 4. The van der Waals surface area contributed by atoms with Crippen LogP contribution in [0.15, 0.2) is 87.7 Å². The highest BCUT2D eigenvalue weighted by Crippen LogP contribution is 2.69. The molecule has 5 rings (SSSR count). The molecule has 0 radical (unpaired) electrons. The van der Waals surface area contributed by atoms with Gasteiger partial charge in [0.25, 0.3) is 0 Å². The number of thioether (sulfide) groups is 4. The number of hydrogen-bond acceptors (Lipinski definition) is 16. The van der Waals surface area contributed by atoms with Gasteiger partial charge < -0.3 is 18.9 Å². The van der Waals surface area contributed by atoms with Gasteiger partial charge in [-0.15, -0.1) is 0 Å². The van der Waals surface area contributed by atoms with E-state index in [1.165, 1.54) is 48.5 Å². The fourth-order valence-corrected chi connectivity index (χ4v) is 9.47. The van der Waals surface area contributed by atoms with Crippen molar-refractivity contribution in [1.82, 2.24) is 0 Å². The number of nitriles is 2. The molecule has 0 fully saturated rings. The summed E-state index contributed by atoms with van der Waals surface area (Å²) in [4.78, 5) is 49.0. The van der Waals surface area contributed by atoms with Crippen molar-refractivity contribution in [2.24, 2.45) is 0 Å². The zero-order valence-corrected chi connectivity index (χ0v) is 27.8. The van der Waals surface area contributed by atoms with Gasteiger partial charge in [-0.1, -0.05) is 71.3 Å². The summed E-state index contributed by atoms with van der Waals surface area (Å²) in [6.07, 6.45) is 0. The molecule has 0 unspecified atom stereocenters. The molecule has 2 aliphatic rings. The Morgan fingerprint density at radius 1 is 0.667 bits per heavy atom. The van der Waals surface area contributed by atoms with Crippen LogP contribution in [0.3, 0.4) is 0 Å². The molecule has 242 valence electrons. The van der Waals surface area contributed by atoms with E-state index in [1.54, 1.807) is 13.8 Å². The Bertz CT molecular complexity index is 1870. The predicted octanol–water partition coefficient (Wildman–Crippen LogP) is 8.08. The van der Waals surface area contributed by atoms with Crippen LogP contribution >= 0.6 is 47.0 Å². The summed E-state index contributed by atoms with van der Waals surface area (Å²) in [5.41, 5.74) is -1.39. The van der Waals surface area contributed by atoms with Crippen molar-refractivity contribution in [2.45, 2.75) is 33.4 Å². The van der Waals surface area contributed by atoms with E-state index in [0.717, 1.165) is 47.0 Å². The predicted molar refractivity (Wildman–Crippen MR) is 175 cm³/mol. The van der Waals surface area contributed by atoms with Crippen LogP contribution in [0.5, 0.6) is 23.0 Å². The van der Waals surface area contributed by atoms with Crippen LogP contribution in [0.2, 0.25) is 0 Å². The Labute approximate surface area is 288 Å². The first kappa shape index (κ1) is 34.2. The molecule has 18 heteroatoms. The summed E-state index contributed by atoms with van der Waals surface area (Å²) >= 11 is 3.72. The third kappa shape index (κ3) is 6.64. The van der Waals surface area contributed by atoms with E-state index in [9.17, 15) is 40.3 Å². The highest BCUT2D eigenvalue weighted by molar-refractivity contribution is 8.26. The maximum atomic E-state index is 12.7. The molecule has 2 heterocycles. The van der Waals surface area contributed by atoms with Gasteiger partial charge in [0, 0.05) is 12.1 Å². The zero-order valence-electron chi connectivity index (χ0n) is 24.5. The van der Waals surface area contributed by atoms with E-state index in [-0.39, 0.29) is 86.8 Å². The third-order valence-corrected chi connectivity index (χ3v) is 11.3. The maximum absolute atomic E-state index is 12.7. The molecule has 0 saturated heterocycles. The number of ether oxygens (including phenoxy) is 4. The molecule has 0 spiro atoms. The maximum Gasteiger partial charge on any atom is 0.350 e. The van der Waals surface area contributed by atoms with Gasteiger partial charge >= 0.3 is 23.3 Å². The number of esters is 2. The van der Waals surface area contributed by atoms with Crippen molar-refractivity contribution >= 4 is 70.4 Å². The SMILES string of the molecule is CCOC(=O)C(C#N)=C1Sc2c(Oc3ccccc3[N+](=O)[O-])c3c(c(Oc4ccccc4[N+](=O)[O-])c2S1)SC(=C(C#N)C(=O)OCC)S3. The normalized spacial score (nSPS) is 12.6. The van der Waals surface area contributed by atoms with Crippen LogP contribution in [0.1, 0.15) is 13.8 Å². The van der Waals surface area contributed by atoms with Crippen LogP contribution < -0.4 is 9.47 Å². The quantitative estimate of drug-likeness (QED) is 0.0637. The number of fused-ring (bicyclic) bond motifs is 2. The fraction of sp³-hybridized carbons (Fsp3) is 0.133. The van der Waals surface area contributed by atoms with E-state index >= 15 is 0 Å². The third-order valence-electron chi connectivity index (χ3n) is 6.16. The van der Waals surface area contributed by atoms with Gasteiger partial charge in [-0.3, -0.25) is 20.2 Å². The van der Waals surface area contributed by atoms with Crippen molar-refractivity contribution < 1.29 is 38.4 Å². The van der Waals surface area contributed by atoms with Crippen LogP contribution in [0.4, 0.5) is 11.4 Å². The van der Waals surface area contributed by atoms with Crippen molar-refractivity contribution in [3.05, 3.63) is 88.4 Å². The molecule has 2 aliphatic heterocycles. The first-order valence-corrected chi connectivity index (χ1v) is 16.8. The van der Waals surface area contributed by atoms with E-state index in [1.807, 2.05) is 12.1 Å². The van der Waals surface area contributed by atoms with Crippen molar-refractivity contribution in [3.63, 3.8) is 0 Å². The van der Waals surface area contributed by atoms with Crippen molar-refractivity contribution in [3.8, 4) is 35.1 Å². The minimum absolute atomic E-state index is 0.00394. The fourth-order valence-electron chi connectivity index (χ4n) is 4.16. The van der Waals surface area contributed by atoms with Crippen LogP contribution in [0.25, 0.3) is 0 Å². The molecule has 48 heavy (non-hydrogen) atoms. The molecular formula is C30H18N4O10S4. The second kappa shape index (κ2) is 14.7. The van der Waals surface area contributed by atoms with Crippen molar-refractivity contribution in [2.75, 3.05) is 13.2 Å². The molecule has 0 saturated carbocycles. The zero-order chi connectivity index (χ0) is 34.5. The van der Waals surface area contributed by atoms with E-state index in [0.29, 0.717) is 0 Å². The minimum atomic E-state index is -0.889. The second-order valence-corrected chi connectivity index (χ2v) is 13.6. The highest BCUT2D eigenvalue weighted by atomic mass is 32.2. The number of carbonyl (C=O) groups is 2. The van der Waals surface area contributed by atoms with Gasteiger partial charge in [-0.05, 0) is 26.0 Å². The van der Waals surface area contributed by atoms with Gasteiger partial charge in [-0.25, -0.2) is 9.59 Å². The number of nitro benzene ring substituents is 2. The van der Waals surface area contributed by atoms with Crippen LogP contribution in [-0.2, 0) is 19.1 Å². The molecule has 0 N–H and O–H groups in total. The lowest BCUT2D eigenvalue weighted by atomic mass is 10.2. The average molecular weight is 723 g/mol. The molecule has 0 aliphatic carbocycles. The number of nitro groups is 2. The minimum Gasteiger partial charge on any atom is -0.462 e. The largest absolute Gasteiger partial charge is 0.462 e. The van der Waals surface area contributed by atoms with E-state index in [4.69, 9.17) is 18.9 Å². The Balaban J connectivity index is 1.82. The Morgan fingerprint density at radius 2 is 1.00 bits per heavy atom. The average Bonchev–Trinajstić information content (AvgIpc) is 3.69. The van der Waals surface area contributed by atoms with Gasteiger partial charge in [-0.2, -0.15) is 10.5 Å². The molecule has 14 nitrogen and oxygen atoms in total. The Kier molecular flexibility index (Phi) is 10.5. The van der Waals surface area contributed by atoms with E-state index < -0.39 is 21.8 Å². The lowest BCUT2D eigenvalue weighted by Crippen LogP contribution is -2.07. The van der Waals surface area contributed by atoms with Gasteiger partial charge in [0.05, 0.1) is 51.1 Å². The lowest BCUT2D eigenvalue weighted by molar-refractivity contribution is -0.385. The van der Waals surface area contributed by atoms with Gasteiger partial charge in [0.2, 0.25) is 11.5 Å². The Hall–Kier alpha value is -5.14. The monoisotopic (exact) mass is 722 g/mol. The van der Waals surface area contributed by atoms with Crippen molar-refractivity contribution in [1.29, 1.82) is 10.5 Å². The van der Waals surface area contributed by atoms with E-state index in [2.05, 4.69) is 0 Å². The summed E-state index contributed by atoms with van der Waals surface area (Å²) in [6, 6.07) is 14.9. The molecular weight excluding hydrogens is 705 g/mol. The summed E-state index contributed by atoms with van der Waals surface area (Å²) in [5, 5.41) is 43.6. The first-order chi connectivity index (χ1) is 23.1. The summed E-state index contributed by atoms with van der Waals surface area (Å²) in [5.74, 6) is -2.01. The Morgan fingerprint density at radius 3 is 1.29 bits per heavy atom. The molecule has 0 bridgehead atoms. The summed E-state index contributed by atoms with van der Waals surface area (Å²) in [7, 11) is 0. The van der Waals surface area contributed by atoms with Crippen LogP contribution in [0, 0.1) is 42.9 Å². The molecule has 0 amide bonds. The number of benzene rings is 3. The van der Waals surface area contributed by atoms with Gasteiger partial charge in [0.15, 0.2) is 22.6 Å². The molecule has 0 atom stereocenters. The lowest BCUT2D eigenvalue weighted by Gasteiger charge is -2.17. The number of rotatable bonds is 10. The topological polar surface area (TPSA) is 205 Å². The number of hydrogen-bond donors (Lipinski definition) is 0. The standard InChI is InChI=1S/C30H18N4O10S4/c1-3-41-27(35)15(13-31)29-45-23-21(43-19-11-7-5-9-17(19)33(37)38)25-26(48-30(47-25)16(14-32)28(36)42-4-2)22(24(23)46-29)44-20-12-8-6-10-18(20)34(39)40/h5-12H,3-4H2,1-2H3. The summed E-state index contributed by atoms with van der Waals surface area (Å²) in [6.45, 7) is 3.15. The molecule has 0 aromatic heterocycles. The number of para-hydroxylation sites is 4. The molecule has 3 aromatic rings. The smallest absolute Gasteiger partial charge is 0.350 e. The van der Waals surface area contributed by atoms with Crippen LogP contribution in [-0.4, -0.2) is 35.0 Å². The van der Waals surface area contributed by atoms with Gasteiger partial charge in [0.1, 0.15) is 12.1 Å². The molecule has 3 aromatic carbocycles. The second-order valence-electron chi connectivity index (χ2n) is 9.03.